The minimum Gasteiger partial charge on any atom is -0.478 e. The molecular formula is C15H27O10P. The lowest BCUT2D eigenvalue weighted by atomic mass is 10.2. The molecule has 6 N–H and O–H groups in total. The maximum absolute atomic E-state index is 9.83. The summed E-state index contributed by atoms with van der Waals surface area (Å²) < 4.78 is 8.88. The Labute approximate surface area is 152 Å². The van der Waals surface area contributed by atoms with E-state index in [0.29, 0.717) is 19.3 Å². The van der Waals surface area contributed by atoms with Crippen molar-refractivity contribution in [3.05, 3.63) is 36.5 Å². The first-order valence-corrected chi connectivity index (χ1v) is 8.62. The van der Waals surface area contributed by atoms with Crippen molar-refractivity contribution in [1.29, 1.82) is 0 Å². The standard InChI is InChI=1S/3C5H8O2.H3O4P/c3*1-3-4(2)5(6)7;1-5(2,3)4/h3*2-3H2,1H3,(H,6,7);(H3,1,2,3,4). The van der Waals surface area contributed by atoms with Gasteiger partial charge in [0.25, 0.3) is 0 Å². The SMILES string of the molecule is C=C(CC)C(=O)O.C=C(CC)C(=O)O.C=C(CC)C(=O)O.O=P(O)(O)O. The van der Waals surface area contributed by atoms with Gasteiger partial charge in [-0.2, -0.15) is 0 Å². The van der Waals surface area contributed by atoms with Crippen LogP contribution in [0.2, 0.25) is 0 Å². The van der Waals surface area contributed by atoms with Crippen LogP contribution >= 0.6 is 7.82 Å². The van der Waals surface area contributed by atoms with Gasteiger partial charge in [-0.15, -0.1) is 0 Å². The summed E-state index contributed by atoms with van der Waals surface area (Å²) in [4.78, 5) is 51.1. The number of rotatable bonds is 6. The van der Waals surface area contributed by atoms with Crippen LogP contribution in [0.4, 0.5) is 0 Å². The van der Waals surface area contributed by atoms with Crippen LogP contribution < -0.4 is 0 Å². The topological polar surface area (TPSA) is 190 Å². The quantitative estimate of drug-likeness (QED) is 0.285. The maximum Gasteiger partial charge on any atom is 0.466 e. The first kappa shape index (κ1) is 31.5. The van der Waals surface area contributed by atoms with Crippen LogP contribution in [-0.2, 0) is 18.9 Å². The smallest absolute Gasteiger partial charge is 0.466 e. The van der Waals surface area contributed by atoms with Gasteiger partial charge in [0.2, 0.25) is 0 Å². The Balaban J connectivity index is -0.000000125. The van der Waals surface area contributed by atoms with Crippen molar-refractivity contribution in [3.8, 4) is 0 Å². The number of carboxylic acid groups (broad SMARTS) is 3. The van der Waals surface area contributed by atoms with Gasteiger partial charge in [-0.05, 0) is 19.3 Å². The Morgan fingerprint density at radius 1 is 0.654 bits per heavy atom. The van der Waals surface area contributed by atoms with Crippen LogP contribution in [0, 0.1) is 0 Å². The minimum absolute atomic E-state index is 0.264. The molecule has 0 aromatic carbocycles. The molecule has 0 rings (SSSR count). The van der Waals surface area contributed by atoms with Gasteiger partial charge >= 0.3 is 25.7 Å². The van der Waals surface area contributed by atoms with Crippen LogP contribution in [0.3, 0.4) is 0 Å². The van der Waals surface area contributed by atoms with Crippen molar-refractivity contribution >= 4 is 25.7 Å². The highest BCUT2D eigenvalue weighted by Crippen LogP contribution is 2.25. The highest BCUT2D eigenvalue weighted by molar-refractivity contribution is 7.45. The van der Waals surface area contributed by atoms with Crippen molar-refractivity contribution in [3.63, 3.8) is 0 Å². The lowest BCUT2D eigenvalue weighted by Crippen LogP contribution is -1.95. The predicted octanol–water partition coefficient (Wildman–Crippen LogP) is 2.18. The molecule has 0 amide bonds. The molecule has 0 spiro atoms. The third-order valence-electron chi connectivity index (χ3n) is 2.19. The number of aliphatic carboxylic acids is 3. The number of phosphoric acid groups is 1. The molecule has 0 aromatic rings. The highest BCUT2D eigenvalue weighted by atomic mass is 31.2. The van der Waals surface area contributed by atoms with Gasteiger partial charge < -0.3 is 30.0 Å². The lowest BCUT2D eigenvalue weighted by molar-refractivity contribution is -0.133. The molecule has 0 aliphatic carbocycles. The molecule has 0 saturated heterocycles. The number of carboxylic acids is 3. The number of carbonyl (C=O) groups is 3. The second-order valence-electron chi connectivity index (χ2n) is 4.30. The molecule has 0 aromatic heterocycles. The summed E-state index contributed by atoms with van der Waals surface area (Å²) in [7, 11) is -4.64. The van der Waals surface area contributed by atoms with E-state index in [4.69, 9.17) is 34.6 Å². The molecule has 0 aliphatic rings. The van der Waals surface area contributed by atoms with E-state index in [2.05, 4.69) is 19.7 Å². The number of hydrogen-bond donors (Lipinski definition) is 6. The molecule has 11 heteroatoms. The summed E-state index contributed by atoms with van der Waals surface area (Å²) in [6, 6.07) is 0. The molecule has 0 fully saturated rings. The normalized spacial score (nSPS) is 8.85. The number of hydrogen-bond acceptors (Lipinski definition) is 4. The van der Waals surface area contributed by atoms with Gasteiger partial charge in [0.15, 0.2) is 0 Å². The van der Waals surface area contributed by atoms with Crippen LogP contribution in [0.25, 0.3) is 0 Å². The molecule has 0 atom stereocenters. The van der Waals surface area contributed by atoms with Crippen LogP contribution in [0.5, 0.6) is 0 Å². The maximum atomic E-state index is 9.83. The Morgan fingerprint density at radius 2 is 0.769 bits per heavy atom. The van der Waals surface area contributed by atoms with Crippen molar-refractivity contribution in [1.82, 2.24) is 0 Å². The van der Waals surface area contributed by atoms with E-state index < -0.39 is 25.7 Å². The molecule has 0 unspecified atom stereocenters. The van der Waals surface area contributed by atoms with Gasteiger partial charge in [-0.25, -0.2) is 18.9 Å². The second kappa shape index (κ2) is 17.6. The Morgan fingerprint density at radius 3 is 0.769 bits per heavy atom. The van der Waals surface area contributed by atoms with Crippen molar-refractivity contribution in [2.24, 2.45) is 0 Å². The van der Waals surface area contributed by atoms with E-state index in [1.54, 1.807) is 20.8 Å². The van der Waals surface area contributed by atoms with Crippen molar-refractivity contribution in [2.75, 3.05) is 0 Å². The lowest BCUT2D eigenvalue weighted by Gasteiger charge is -1.87. The van der Waals surface area contributed by atoms with E-state index >= 15 is 0 Å². The summed E-state index contributed by atoms with van der Waals surface area (Å²) in [5, 5.41) is 24.2. The highest BCUT2D eigenvalue weighted by Gasteiger charge is 2.00. The Kier molecular flexibility index (Phi) is 21.3. The fourth-order valence-corrected chi connectivity index (χ4v) is 0.454. The first-order chi connectivity index (χ1) is 11.5. The molecule has 0 saturated carbocycles. The van der Waals surface area contributed by atoms with Gasteiger partial charge in [0.1, 0.15) is 0 Å². The van der Waals surface area contributed by atoms with Crippen LogP contribution in [0.1, 0.15) is 40.0 Å². The summed E-state index contributed by atoms with van der Waals surface area (Å²) in [6.45, 7) is 15.1. The van der Waals surface area contributed by atoms with E-state index in [1.807, 2.05) is 0 Å². The summed E-state index contributed by atoms with van der Waals surface area (Å²) in [5.74, 6) is -2.70. The molecule has 0 bridgehead atoms. The average molecular weight is 398 g/mol. The molecule has 26 heavy (non-hydrogen) atoms. The van der Waals surface area contributed by atoms with Crippen molar-refractivity contribution < 1.29 is 48.9 Å². The van der Waals surface area contributed by atoms with E-state index in [1.165, 1.54) is 0 Å². The molecule has 0 radical (unpaired) electrons. The van der Waals surface area contributed by atoms with Crippen molar-refractivity contribution in [2.45, 2.75) is 40.0 Å². The second-order valence-corrected chi connectivity index (χ2v) is 5.33. The van der Waals surface area contributed by atoms with Gasteiger partial charge in [-0.3, -0.25) is 0 Å². The summed E-state index contributed by atoms with van der Waals surface area (Å²) >= 11 is 0. The third kappa shape index (κ3) is 37.7. The predicted molar refractivity (Wildman–Crippen MR) is 95.5 cm³/mol. The third-order valence-corrected chi connectivity index (χ3v) is 2.19. The van der Waals surface area contributed by atoms with E-state index in [9.17, 15) is 14.4 Å². The Hall–Kier alpha value is -2.26. The molecular weight excluding hydrogens is 371 g/mol. The fraction of sp³-hybridized carbons (Fsp3) is 0.400. The Bertz CT molecular complexity index is 475. The largest absolute Gasteiger partial charge is 0.478 e. The minimum atomic E-state index is -4.64. The van der Waals surface area contributed by atoms with Gasteiger partial charge in [0, 0.05) is 16.7 Å². The molecule has 0 aliphatic heterocycles. The fourth-order valence-electron chi connectivity index (χ4n) is 0.454. The zero-order chi connectivity index (χ0) is 22.1. The molecule has 152 valence electrons. The summed E-state index contributed by atoms with van der Waals surface area (Å²) in [6.07, 6.45) is 1.57. The first-order valence-electron chi connectivity index (χ1n) is 7.06. The van der Waals surface area contributed by atoms with Gasteiger partial charge in [0.05, 0.1) is 0 Å². The molecule has 10 nitrogen and oxygen atoms in total. The zero-order valence-electron chi connectivity index (χ0n) is 15.0. The van der Waals surface area contributed by atoms with E-state index in [0.717, 1.165) is 0 Å². The molecule has 0 heterocycles. The monoisotopic (exact) mass is 398 g/mol. The zero-order valence-corrected chi connectivity index (χ0v) is 15.9. The average Bonchev–Trinajstić information content (AvgIpc) is 2.51. The van der Waals surface area contributed by atoms with Crippen LogP contribution in [0.15, 0.2) is 36.5 Å². The van der Waals surface area contributed by atoms with Gasteiger partial charge in [-0.1, -0.05) is 40.5 Å². The van der Waals surface area contributed by atoms with Crippen LogP contribution in [-0.4, -0.2) is 47.9 Å². The summed E-state index contributed by atoms with van der Waals surface area (Å²) in [5.41, 5.74) is 0.792. The van der Waals surface area contributed by atoms with E-state index in [-0.39, 0.29) is 16.7 Å².